The first-order valence-corrected chi connectivity index (χ1v) is 11.1. The zero-order valence-electron chi connectivity index (χ0n) is 16.1. The van der Waals surface area contributed by atoms with Crippen LogP contribution in [0.5, 0.6) is 0 Å². The van der Waals surface area contributed by atoms with Crippen LogP contribution in [0.4, 0.5) is 5.69 Å². The van der Waals surface area contributed by atoms with Gasteiger partial charge in [0.15, 0.2) is 0 Å². The molecule has 0 unspecified atom stereocenters. The summed E-state index contributed by atoms with van der Waals surface area (Å²) in [7, 11) is -2.27. The Kier molecular flexibility index (Phi) is 6.36. The van der Waals surface area contributed by atoms with Gasteiger partial charge in [-0.25, -0.2) is 13.1 Å². The van der Waals surface area contributed by atoms with Crippen LogP contribution >= 0.6 is 11.8 Å². The number of nitrogens with zero attached hydrogens (tertiary/aromatic N) is 2. The van der Waals surface area contributed by atoms with E-state index in [-0.39, 0.29) is 21.8 Å². The molecule has 8 nitrogen and oxygen atoms in total. The van der Waals surface area contributed by atoms with Crippen molar-refractivity contribution in [2.75, 3.05) is 18.1 Å². The molecule has 0 spiro atoms. The van der Waals surface area contributed by atoms with Gasteiger partial charge in [-0.15, -0.1) is 10.2 Å². The third-order valence-electron chi connectivity index (χ3n) is 4.06. The fraction of sp³-hybridized carbons (Fsp3) is 0.211. The number of carbonyl (C=O) groups excluding carboxylic acids is 1. The molecule has 0 fully saturated rings. The first kappa shape index (κ1) is 21.0. The number of amides is 1. The largest absolute Gasteiger partial charge is 0.411 e. The van der Waals surface area contributed by atoms with Gasteiger partial charge in [0.2, 0.25) is 21.8 Å². The van der Waals surface area contributed by atoms with Gasteiger partial charge in [0, 0.05) is 11.3 Å². The Hall–Kier alpha value is -2.69. The average molecular weight is 433 g/mol. The summed E-state index contributed by atoms with van der Waals surface area (Å²) in [4.78, 5) is 12.3. The number of aryl methyl sites for hydroxylation is 2. The number of hydrogen-bond donors (Lipinski definition) is 2. The van der Waals surface area contributed by atoms with Crippen molar-refractivity contribution < 1.29 is 17.6 Å². The Morgan fingerprint density at radius 1 is 1.10 bits per heavy atom. The van der Waals surface area contributed by atoms with Crippen molar-refractivity contribution in [3.8, 4) is 11.5 Å². The molecule has 0 aliphatic rings. The van der Waals surface area contributed by atoms with Gasteiger partial charge in [-0.1, -0.05) is 35.5 Å². The topological polar surface area (TPSA) is 114 Å². The van der Waals surface area contributed by atoms with Crippen LogP contribution in [-0.4, -0.2) is 37.3 Å². The van der Waals surface area contributed by atoms with Crippen molar-refractivity contribution >= 4 is 33.4 Å². The lowest BCUT2D eigenvalue weighted by Gasteiger charge is -2.10. The second-order valence-corrected chi connectivity index (χ2v) is 9.05. The fourth-order valence-electron chi connectivity index (χ4n) is 2.48. The second-order valence-electron chi connectivity index (χ2n) is 6.26. The molecule has 0 atom stereocenters. The average Bonchev–Trinajstić information content (AvgIpc) is 3.17. The molecule has 2 N–H and O–H groups in total. The number of thioether (sulfide) groups is 1. The summed E-state index contributed by atoms with van der Waals surface area (Å²) >= 11 is 1.10. The highest BCUT2D eigenvalue weighted by Gasteiger charge is 2.16. The maximum absolute atomic E-state index is 12.2. The number of aromatic nitrogens is 2. The predicted octanol–water partition coefficient (Wildman–Crippen LogP) is 2.99. The molecule has 0 aliphatic heterocycles. The molecule has 3 aromatic rings. The summed E-state index contributed by atoms with van der Waals surface area (Å²) in [6.07, 6.45) is 0. The molecular formula is C19H20N4O4S2. The number of hydrogen-bond acceptors (Lipinski definition) is 7. The van der Waals surface area contributed by atoms with E-state index in [1.165, 1.54) is 13.1 Å². The number of rotatable bonds is 7. The number of sulfonamides is 1. The Morgan fingerprint density at radius 3 is 2.52 bits per heavy atom. The summed E-state index contributed by atoms with van der Waals surface area (Å²) in [5.41, 5.74) is 2.90. The van der Waals surface area contributed by atoms with Gasteiger partial charge in [0.1, 0.15) is 0 Å². The van der Waals surface area contributed by atoms with Gasteiger partial charge in [0.25, 0.3) is 5.22 Å². The van der Waals surface area contributed by atoms with Crippen molar-refractivity contribution in [1.29, 1.82) is 0 Å². The normalized spacial score (nSPS) is 11.4. The minimum absolute atomic E-state index is 0.0392. The zero-order chi connectivity index (χ0) is 21.0. The Balaban J connectivity index is 1.62. The summed E-state index contributed by atoms with van der Waals surface area (Å²) in [6, 6.07) is 12.4. The number of benzene rings is 2. The van der Waals surface area contributed by atoms with Gasteiger partial charge < -0.3 is 9.73 Å². The van der Waals surface area contributed by atoms with E-state index < -0.39 is 10.0 Å². The van der Waals surface area contributed by atoms with Crippen LogP contribution in [0.1, 0.15) is 11.1 Å². The predicted molar refractivity (Wildman–Crippen MR) is 111 cm³/mol. The Bertz CT molecular complexity index is 1130. The Morgan fingerprint density at radius 2 is 1.83 bits per heavy atom. The number of nitrogens with one attached hydrogen (secondary N) is 2. The van der Waals surface area contributed by atoms with Crippen molar-refractivity contribution in [3.63, 3.8) is 0 Å². The SMILES string of the molecule is CNS(=O)(=O)c1cc(NC(=O)CSc2nnc(-c3ccc(C)cc3)o2)ccc1C. The first-order chi connectivity index (χ1) is 13.8. The second kappa shape index (κ2) is 8.76. The van der Waals surface area contributed by atoms with E-state index >= 15 is 0 Å². The molecule has 152 valence electrons. The van der Waals surface area contributed by atoms with E-state index in [0.717, 1.165) is 22.9 Å². The third kappa shape index (κ3) is 5.22. The molecule has 1 amide bonds. The van der Waals surface area contributed by atoms with Gasteiger partial charge in [-0.3, -0.25) is 4.79 Å². The summed E-state index contributed by atoms with van der Waals surface area (Å²) in [6.45, 7) is 3.68. The van der Waals surface area contributed by atoms with Crippen molar-refractivity contribution in [2.45, 2.75) is 24.0 Å². The minimum Gasteiger partial charge on any atom is -0.411 e. The molecule has 1 aromatic heterocycles. The van der Waals surface area contributed by atoms with Crippen LogP contribution in [0.15, 0.2) is 57.0 Å². The maximum atomic E-state index is 12.2. The quantitative estimate of drug-likeness (QED) is 0.552. The zero-order valence-corrected chi connectivity index (χ0v) is 17.7. The minimum atomic E-state index is -3.61. The van der Waals surface area contributed by atoms with Crippen LogP contribution in [-0.2, 0) is 14.8 Å². The highest BCUT2D eigenvalue weighted by molar-refractivity contribution is 7.99. The lowest BCUT2D eigenvalue weighted by atomic mass is 10.1. The standard InChI is InChI=1S/C19H20N4O4S2/c1-12-4-7-14(8-5-12)18-22-23-19(27-18)28-11-17(24)21-15-9-6-13(2)16(10-15)29(25,26)20-3/h4-10,20H,11H2,1-3H3,(H,21,24). The van der Waals surface area contributed by atoms with E-state index in [1.807, 2.05) is 31.2 Å². The summed E-state index contributed by atoms with van der Waals surface area (Å²) < 4.78 is 32.0. The first-order valence-electron chi connectivity index (χ1n) is 8.66. The van der Waals surface area contributed by atoms with E-state index in [4.69, 9.17) is 4.42 Å². The fourth-order valence-corrected chi connectivity index (χ4v) is 4.04. The highest BCUT2D eigenvalue weighted by Crippen LogP contribution is 2.24. The summed E-state index contributed by atoms with van der Waals surface area (Å²) in [5.74, 6) is 0.104. The van der Waals surface area contributed by atoms with E-state index in [1.54, 1.807) is 19.1 Å². The molecular weight excluding hydrogens is 412 g/mol. The van der Waals surface area contributed by atoms with Crippen LogP contribution < -0.4 is 10.0 Å². The van der Waals surface area contributed by atoms with Gasteiger partial charge in [0.05, 0.1) is 10.6 Å². The van der Waals surface area contributed by atoms with Gasteiger partial charge in [-0.05, 0) is 50.7 Å². The molecule has 0 saturated carbocycles. The maximum Gasteiger partial charge on any atom is 0.277 e. The van der Waals surface area contributed by atoms with Crippen LogP contribution in [0.25, 0.3) is 11.5 Å². The third-order valence-corrected chi connectivity index (χ3v) is 6.44. The smallest absolute Gasteiger partial charge is 0.277 e. The van der Waals surface area contributed by atoms with Crippen LogP contribution in [0, 0.1) is 13.8 Å². The molecule has 0 saturated heterocycles. The lowest BCUT2D eigenvalue weighted by Crippen LogP contribution is -2.20. The van der Waals surface area contributed by atoms with Crippen LogP contribution in [0.3, 0.4) is 0 Å². The van der Waals surface area contributed by atoms with E-state index in [9.17, 15) is 13.2 Å². The highest BCUT2D eigenvalue weighted by atomic mass is 32.2. The molecule has 1 heterocycles. The van der Waals surface area contributed by atoms with Crippen molar-refractivity contribution in [1.82, 2.24) is 14.9 Å². The lowest BCUT2D eigenvalue weighted by molar-refractivity contribution is -0.113. The molecule has 10 heteroatoms. The van der Waals surface area contributed by atoms with Gasteiger partial charge in [-0.2, -0.15) is 0 Å². The Labute approximate surface area is 173 Å². The molecule has 2 aromatic carbocycles. The van der Waals surface area contributed by atoms with Crippen molar-refractivity contribution in [3.05, 3.63) is 53.6 Å². The van der Waals surface area contributed by atoms with Crippen molar-refractivity contribution in [2.24, 2.45) is 0 Å². The number of anilines is 1. The summed E-state index contributed by atoms with van der Waals surface area (Å²) in [5, 5.41) is 10.9. The van der Waals surface area contributed by atoms with E-state index in [2.05, 4.69) is 20.2 Å². The number of carbonyl (C=O) groups is 1. The van der Waals surface area contributed by atoms with E-state index in [0.29, 0.717) is 17.1 Å². The molecule has 0 radical (unpaired) electrons. The van der Waals surface area contributed by atoms with Crippen LogP contribution in [0.2, 0.25) is 0 Å². The monoisotopic (exact) mass is 432 g/mol. The molecule has 0 aliphatic carbocycles. The molecule has 29 heavy (non-hydrogen) atoms. The molecule has 3 rings (SSSR count). The van der Waals surface area contributed by atoms with Gasteiger partial charge >= 0.3 is 0 Å². The molecule has 0 bridgehead atoms.